The van der Waals surface area contributed by atoms with Crippen molar-refractivity contribution in [1.82, 2.24) is 4.98 Å². The van der Waals surface area contributed by atoms with Crippen molar-refractivity contribution in [3.05, 3.63) is 18.5 Å². The van der Waals surface area contributed by atoms with Crippen LogP contribution in [0.2, 0.25) is 0 Å². The summed E-state index contributed by atoms with van der Waals surface area (Å²) in [5.41, 5.74) is 7.10. The number of anilines is 2. The second-order valence-electron chi connectivity index (χ2n) is 3.62. The summed E-state index contributed by atoms with van der Waals surface area (Å²) in [6.45, 7) is 1.04. The van der Waals surface area contributed by atoms with Crippen molar-refractivity contribution in [2.24, 2.45) is 0 Å². The van der Waals surface area contributed by atoms with E-state index in [1.54, 1.807) is 12.4 Å². The molecule has 2 rings (SSSR count). The quantitative estimate of drug-likeness (QED) is 0.725. The average molecular weight is 227 g/mol. The van der Waals surface area contributed by atoms with Gasteiger partial charge in [-0.2, -0.15) is 0 Å². The Bertz CT molecular complexity index is 444. The Kier molecular flexibility index (Phi) is 2.52. The smallest absolute Gasteiger partial charge is 0.153 e. The molecule has 15 heavy (non-hydrogen) atoms. The van der Waals surface area contributed by atoms with E-state index in [1.807, 2.05) is 11.0 Å². The van der Waals surface area contributed by atoms with E-state index in [9.17, 15) is 8.42 Å². The molecule has 1 aromatic rings. The van der Waals surface area contributed by atoms with Gasteiger partial charge in [-0.1, -0.05) is 0 Å². The average Bonchev–Trinajstić information content (AvgIpc) is 2.17. The highest BCUT2D eigenvalue weighted by atomic mass is 32.2. The molecule has 2 N–H and O–H groups in total. The summed E-state index contributed by atoms with van der Waals surface area (Å²) in [7, 11) is -2.83. The first kappa shape index (κ1) is 10.2. The zero-order chi connectivity index (χ0) is 10.9. The SMILES string of the molecule is Nc1cncc(N2CCS(=O)(=O)CC2)c1. The van der Waals surface area contributed by atoms with Gasteiger partial charge in [-0.3, -0.25) is 4.98 Å². The van der Waals surface area contributed by atoms with E-state index in [-0.39, 0.29) is 11.5 Å². The fraction of sp³-hybridized carbons (Fsp3) is 0.444. The van der Waals surface area contributed by atoms with Crippen LogP contribution in [0, 0.1) is 0 Å². The monoisotopic (exact) mass is 227 g/mol. The van der Waals surface area contributed by atoms with Crippen LogP contribution in [0.25, 0.3) is 0 Å². The summed E-state index contributed by atoms with van der Waals surface area (Å²) in [5, 5.41) is 0. The van der Waals surface area contributed by atoms with Crippen molar-refractivity contribution in [2.75, 3.05) is 35.2 Å². The van der Waals surface area contributed by atoms with Gasteiger partial charge in [0.25, 0.3) is 0 Å². The number of nitrogen functional groups attached to an aromatic ring is 1. The first-order valence-electron chi connectivity index (χ1n) is 4.73. The Hall–Kier alpha value is -1.30. The van der Waals surface area contributed by atoms with E-state index < -0.39 is 9.84 Å². The van der Waals surface area contributed by atoms with Gasteiger partial charge >= 0.3 is 0 Å². The molecule has 1 aliphatic rings. The maximum atomic E-state index is 11.2. The molecule has 0 atom stereocenters. The summed E-state index contributed by atoms with van der Waals surface area (Å²) in [4.78, 5) is 5.97. The van der Waals surface area contributed by atoms with E-state index in [2.05, 4.69) is 4.98 Å². The second kappa shape index (κ2) is 3.69. The molecule has 0 radical (unpaired) electrons. The van der Waals surface area contributed by atoms with E-state index in [0.29, 0.717) is 18.8 Å². The molecular formula is C9H13N3O2S. The molecule has 82 valence electrons. The largest absolute Gasteiger partial charge is 0.397 e. The zero-order valence-corrected chi connectivity index (χ0v) is 9.07. The molecule has 0 amide bonds. The first-order chi connectivity index (χ1) is 7.07. The molecule has 5 nitrogen and oxygen atoms in total. The van der Waals surface area contributed by atoms with Crippen molar-refractivity contribution >= 4 is 21.2 Å². The maximum Gasteiger partial charge on any atom is 0.153 e. The zero-order valence-electron chi connectivity index (χ0n) is 8.26. The summed E-state index contributed by atoms with van der Waals surface area (Å²) in [5.74, 6) is 0.420. The molecule has 2 heterocycles. The van der Waals surface area contributed by atoms with Crippen LogP contribution in [0.5, 0.6) is 0 Å². The Morgan fingerprint density at radius 2 is 1.93 bits per heavy atom. The lowest BCUT2D eigenvalue weighted by molar-refractivity contribution is 0.587. The van der Waals surface area contributed by atoms with Crippen molar-refractivity contribution in [1.29, 1.82) is 0 Å². The van der Waals surface area contributed by atoms with Gasteiger partial charge in [0.05, 0.1) is 29.1 Å². The predicted molar refractivity (Wildman–Crippen MR) is 59.5 cm³/mol. The predicted octanol–water partition coefficient (Wildman–Crippen LogP) is -0.101. The van der Waals surface area contributed by atoms with Gasteiger partial charge in [-0.05, 0) is 6.07 Å². The number of pyridine rings is 1. The minimum absolute atomic E-state index is 0.210. The fourth-order valence-electron chi connectivity index (χ4n) is 1.59. The van der Waals surface area contributed by atoms with Crippen molar-refractivity contribution in [3.8, 4) is 0 Å². The number of hydrogen-bond donors (Lipinski definition) is 1. The molecule has 0 unspecified atom stereocenters. The van der Waals surface area contributed by atoms with Gasteiger partial charge in [0, 0.05) is 19.3 Å². The summed E-state index contributed by atoms with van der Waals surface area (Å²) < 4.78 is 22.5. The van der Waals surface area contributed by atoms with Crippen molar-refractivity contribution < 1.29 is 8.42 Å². The third-order valence-corrected chi connectivity index (χ3v) is 4.06. The van der Waals surface area contributed by atoms with Gasteiger partial charge in [0.15, 0.2) is 9.84 Å². The minimum Gasteiger partial charge on any atom is -0.397 e. The topological polar surface area (TPSA) is 76.3 Å². The van der Waals surface area contributed by atoms with Gasteiger partial charge in [-0.15, -0.1) is 0 Å². The summed E-state index contributed by atoms with van der Waals surface area (Å²) >= 11 is 0. The van der Waals surface area contributed by atoms with Gasteiger partial charge in [0.1, 0.15) is 0 Å². The standard InChI is InChI=1S/C9H13N3O2S/c10-8-5-9(7-11-6-8)12-1-3-15(13,14)4-2-12/h5-7H,1-4,10H2. The molecular weight excluding hydrogens is 214 g/mol. The number of nitrogens with zero attached hydrogens (tertiary/aromatic N) is 2. The Morgan fingerprint density at radius 3 is 2.53 bits per heavy atom. The van der Waals surface area contributed by atoms with E-state index >= 15 is 0 Å². The minimum atomic E-state index is -2.83. The van der Waals surface area contributed by atoms with Crippen LogP contribution in [0.4, 0.5) is 11.4 Å². The third-order valence-electron chi connectivity index (χ3n) is 2.45. The molecule has 0 saturated carbocycles. The highest BCUT2D eigenvalue weighted by Gasteiger charge is 2.21. The molecule has 0 spiro atoms. The lowest BCUT2D eigenvalue weighted by Crippen LogP contribution is -2.40. The normalized spacial score (nSPS) is 20.1. The van der Waals surface area contributed by atoms with Crippen LogP contribution in [0.15, 0.2) is 18.5 Å². The number of rotatable bonds is 1. The molecule has 6 heteroatoms. The second-order valence-corrected chi connectivity index (χ2v) is 5.92. The van der Waals surface area contributed by atoms with Crippen LogP contribution in [-0.4, -0.2) is 38.0 Å². The number of nitrogens with two attached hydrogens (primary N) is 1. The Morgan fingerprint density at radius 1 is 1.27 bits per heavy atom. The summed E-state index contributed by atoms with van der Waals surface area (Å²) in [6, 6.07) is 1.81. The molecule has 1 aromatic heterocycles. The summed E-state index contributed by atoms with van der Waals surface area (Å²) in [6.07, 6.45) is 3.28. The maximum absolute atomic E-state index is 11.2. The molecule has 0 aromatic carbocycles. The lowest BCUT2D eigenvalue weighted by Gasteiger charge is -2.28. The Labute approximate surface area is 88.8 Å². The highest BCUT2D eigenvalue weighted by Crippen LogP contribution is 2.18. The van der Waals surface area contributed by atoms with Gasteiger partial charge in [0.2, 0.25) is 0 Å². The molecule has 0 aliphatic carbocycles. The van der Waals surface area contributed by atoms with Gasteiger partial charge in [-0.25, -0.2) is 8.42 Å². The van der Waals surface area contributed by atoms with Crippen LogP contribution in [-0.2, 0) is 9.84 Å². The number of aromatic nitrogens is 1. The van der Waals surface area contributed by atoms with Crippen LogP contribution in [0.1, 0.15) is 0 Å². The van der Waals surface area contributed by atoms with E-state index in [0.717, 1.165) is 5.69 Å². The van der Waals surface area contributed by atoms with Crippen molar-refractivity contribution in [2.45, 2.75) is 0 Å². The third kappa shape index (κ3) is 2.38. The molecule has 1 fully saturated rings. The molecule has 1 saturated heterocycles. The molecule has 1 aliphatic heterocycles. The lowest BCUT2D eigenvalue weighted by atomic mass is 10.3. The van der Waals surface area contributed by atoms with Crippen LogP contribution >= 0.6 is 0 Å². The fourth-order valence-corrected chi connectivity index (χ4v) is 2.79. The van der Waals surface area contributed by atoms with E-state index in [4.69, 9.17) is 5.73 Å². The first-order valence-corrected chi connectivity index (χ1v) is 6.55. The van der Waals surface area contributed by atoms with Crippen molar-refractivity contribution in [3.63, 3.8) is 0 Å². The van der Waals surface area contributed by atoms with Crippen LogP contribution < -0.4 is 10.6 Å². The molecule has 0 bridgehead atoms. The number of sulfone groups is 1. The highest BCUT2D eigenvalue weighted by molar-refractivity contribution is 7.91. The number of hydrogen-bond acceptors (Lipinski definition) is 5. The van der Waals surface area contributed by atoms with Gasteiger partial charge < -0.3 is 10.6 Å². The Balaban J connectivity index is 2.14. The van der Waals surface area contributed by atoms with Crippen LogP contribution in [0.3, 0.4) is 0 Å². The van der Waals surface area contributed by atoms with E-state index in [1.165, 1.54) is 0 Å².